The largest absolute Gasteiger partial charge is 0.350 e. The summed E-state index contributed by atoms with van der Waals surface area (Å²) in [6.45, 7) is 2.89. The number of benzene rings is 1. The molecule has 1 aromatic heterocycles. The molecule has 0 bridgehead atoms. The summed E-state index contributed by atoms with van der Waals surface area (Å²) in [7, 11) is 0. The molecular formula is C19H24N4O. The summed E-state index contributed by atoms with van der Waals surface area (Å²) in [5.41, 5.74) is 1.86. The molecule has 3 rings (SSSR count). The van der Waals surface area contributed by atoms with Crippen molar-refractivity contribution in [2.75, 3.05) is 0 Å². The Morgan fingerprint density at radius 1 is 1.29 bits per heavy atom. The maximum absolute atomic E-state index is 12.1. The summed E-state index contributed by atoms with van der Waals surface area (Å²) in [5.74, 6) is 0.509. The molecule has 0 unspecified atom stereocenters. The van der Waals surface area contributed by atoms with Crippen molar-refractivity contribution in [1.29, 1.82) is 0 Å². The van der Waals surface area contributed by atoms with E-state index in [4.69, 9.17) is 0 Å². The number of nitrogens with zero attached hydrogens (tertiary/aromatic N) is 3. The maximum Gasteiger partial charge on any atom is 0.244 e. The molecule has 126 valence electrons. The Labute approximate surface area is 142 Å². The first-order valence-corrected chi connectivity index (χ1v) is 8.63. The van der Waals surface area contributed by atoms with Crippen LogP contribution in [0.5, 0.6) is 0 Å². The van der Waals surface area contributed by atoms with E-state index < -0.39 is 0 Å². The van der Waals surface area contributed by atoms with Crippen LogP contribution in [0.1, 0.15) is 43.9 Å². The standard InChI is InChI=1S/C19H24N4O/c1-15-7-5-6-10-18(15)20-19(24)12-11-17-14-23(22-21-17)13-16-8-3-2-4-9-16/h2-4,8-9,11-12,14-15,18H,5-7,10,13H2,1H3,(H,20,24)/b12-11+/t15-,18+/m0/s1. The molecule has 5 nitrogen and oxygen atoms in total. The highest BCUT2D eigenvalue weighted by molar-refractivity contribution is 5.91. The average Bonchev–Trinajstić information content (AvgIpc) is 3.03. The Morgan fingerprint density at radius 3 is 2.88 bits per heavy atom. The van der Waals surface area contributed by atoms with Crippen molar-refractivity contribution < 1.29 is 4.79 Å². The number of carbonyl (C=O) groups excluding carboxylic acids is 1. The molecule has 1 aliphatic rings. The first-order valence-electron chi connectivity index (χ1n) is 8.63. The van der Waals surface area contributed by atoms with Gasteiger partial charge in [0.25, 0.3) is 0 Å². The van der Waals surface area contributed by atoms with E-state index in [0.717, 1.165) is 6.42 Å². The van der Waals surface area contributed by atoms with E-state index in [1.807, 2.05) is 24.4 Å². The van der Waals surface area contributed by atoms with Crippen LogP contribution in [0.2, 0.25) is 0 Å². The lowest BCUT2D eigenvalue weighted by molar-refractivity contribution is -0.117. The zero-order chi connectivity index (χ0) is 16.8. The van der Waals surface area contributed by atoms with E-state index >= 15 is 0 Å². The van der Waals surface area contributed by atoms with Crippen LogP contribution in [0.4, 0.5) is 0 Å². The highest BCUT2D eigenvalue weighted by Crippen LogP contribution is 2.23. The number of amides is 1. The minimum atomic E-state index is -0.0497. The predicted octanol–water partition coefficient (Wildman–Crippen LogP) is 3.03. The van der Waals surface area contributed by atoms with Crippen LogP contribution in [-0.4, -0.2) is 26.9 Å². The van der Waals surface area contributed by atoms with Crippen molar-refractivity contribution >= 4 is 12.0 Å². The molecular weight excluding hydrogens is 300 g/mol. The monoisotopic (exact) mass is 324 g/mol. The van der Waals surface area contributed by atoms with Gasteiger partial charge in [0.05, 0.1) is 12.7 Å². The van der Waals surface area contributed by atoms with Gasteiger partial charge in [0.1, 0.15) is 5.69 Å². The van der Waals surface area contributed by atoms with E-state index in [9.17, 15) is 4.79 Å². The maximum atomic E-state index is 12.1. The van der Waals surface area contributed by atoms with Gasteiger partial charge in [0.15, 0.2) is 0 Å². The molecule has 5 heteroatoms. The minimum absolute atomic E-state index is 0.0497. The molecule has 24 heavy (non-hydrogen) atoms. The Kier molecular flexibility index (Phi) is 5.41. The van der Waals surface area contributed by atoms with Crippen LogP contribution < -0.4 is 5.32 Å². The number of hydrogen-bond acceptors (Lipinski definition) is 3. The van der Waals surface area contributed by atoms with Gasteiger partial charge in [0.2, 0.25) is 5.91 Å². The van der Waals surface area contributed by atoms with Crippen molar-refractivity contribution in [3.05, 3.63) is 53.9 Å². The fourth-order valence-electron chi connectivity index (χ4n) is 3.16. The molecule has 2 aromatic rings. The third-order valence-electron chi connectivity index (χ3n) is 4.59. The van der Waals surface area contributed by atoms with E-state index in [-0.39, 0.29) is 5.91 Å². The van der Waals surface area contributed by atoms with Crippen LogP contribution in [0.25, 0.3) is 6.08 Å². The second-order valence-corrected chi connectivity index (χ2v) is 6.54. The molecule has 0 radical (unpaired) electrons. The number of carbonyl (C=O) groups is 1. The first kappa shape index (κ1) is 16.4. The molecule has 1 saturated carbocycles. The molecule has 1 N–H and O–H groups in total. The summed E-state index contributed by atoms with van der Waals surface area (Å²) in [4.78, 5) is 12.1. The number of rotatable bonds is 5. The van der Waals surface area contributed by atoms with Crippen molar-refractivity contribution in [3.8, 4) is 0 Å². The Morgan fingerprint density at radius 2 is 2.08 bits per heavy atom. The van der Waals surface area contributed by atoms with Crippen molar-refractivity contribution in [3.63, 3.8) is 0 Å². The molecule has 2 atom stereocenters. The Balaban J connectivity index is 1.53. The number of nitrogens with one attached hydrogen (secondary N) is 1. The van der Waals surface area contributed by atoms with Gasteiger partial charge in [-0.25, -0.2) is 4.68 Å². The molecule has 1 amide bonds. The van der Waals surface area contributed by atoms with Crippen LogP contribution in [-0.2, 0) is 11.3 Å². The average molecular weight is 324 g/mol. The van der Waals surface area contributed by atoms with E-state index in [1.54, 1.807) is 16.8 Å². The third-order valence-corrected chi connectivity index (χ3v) is 4.59. The Bertz CT molecular complexity index is 692. The molecule has 0 spiro atoms. The summed E-state index contributed by atoms with van der Waals surface area (Å²) in [6, 6.07) is 10.4. The number of hydrogen-bond donors (Lipinski definition) is 1. The zero-order valence-corrected chi connectivity index (χ0v) is 14.1. The van der Waals surface area contributed by atoms with Gasteiger partial charge in [-0.05, 0) is 30.4 Å². The minimum Gasteiger partial charge on any atom is -0.350 e. The fourth-order valence-corrected chi connectivity index (χ4v) is 3.16. The smallest absolute Gasteiger partial charge is 0.244 e. The Hall–Kier alpha value is -2.43. The van der Waals surface area contributed by atoms with Crippen LogP contribution in [0.15, 0.2) is 42.6 Å². The van der Waals surface area contributed by atoms with Crippen LogP contribution in [0, 0.1) is 5.92 Å². The second kappa shape index (κ2) is 7.90. The van der Waals surface area contributed by atoms with Gasteiger partial charge in [-0.15, -0.1) is 5.10 Å². The highest BCUT2D eigenvalue weighted by Gasteiger charge is 2.21. The van der Waals surface area contributed by atoms with Crippen LogP contribution >= 0.6 is 0 Å². The molecule has 1 heterocycles. The topological polar surface area (TPSA) is 59.8 Å². The van der Waals surface area contributed by atoms with Crippen molar-refractivity contribution in [2.45, 2.75) is 45.2 Å². The van der Waals surface area contributed by atoms with Gasteiger partial charge < -0.3 is 5.32 Å². The van der Waals surface area contributed by atoms with E-state index in [2.05, 4.69) is 34.7 Å². The van der Waals surface area contributed by atoms with Gasteiger partial charge in [-0.1, -0.05) is 55.3 Å². The second-order valence-electron chi connectivity index (χ2n) is 6.54. The normalized spacial score (nSPS) is 21.0. The van der Waals surface area contributed by atoms with Gasteiger partial charge >= 0.3 is 0 Å². The molecule has 0 aliphatic heterocycles. The summed E-state index contributed by atoms with van der Waals surface area (Å²) in [6.07, 6.45) is 9.87. The lowest BCUT2D eigenvalue weighted by Crippen LogP contribution is -2.40. The number of aromatic nitrogens is 3. The van der Waals surface area contributed by atoms with Crippen molar-refractivity contribution in [2.24, 2.45) is 5.92 Å². The molecule has 1 aliphatic carbocycles. The van der Waals surface area contributed by atoms with Gasteiger partial charge in [0, 0.05) is 12.1 Å². The van der Waals surface area contributed by atoms with Gasteiger partial charge in [-0.3, -0.25) is 4.79 Å². The van der Waals surface area contributed by atoms with E-state index in [1.165, 1.54) is 24.8 Å². The van der Waals surface area contributed by atoms with Gasteiger partial charge in [-0.2, -0.15) is 0 Å². The SMILES string of the molecule is C[C@H]1CCCC[C@H]1NC(=O)/C=C/c1cn(Cc2ccccc2)nn1. The summed E-state index contributed by atoms with van der Waals surface area (Å²) in [5, 5.41) is 11.3. The predicted molar refractivity (Wildman–Crippen MR) is 94.2 cm³/mol. The van der Waals surface area contributed by atoms with E-state index in [0.29, 0.717) is 24.2 Å². The fraction of sp³-hybridized carbons (Fsp3) is 0.421. The summed E-state index contributed by atoms with van der Waals surface area (Å²) < 4.78 is 1.77. The lowest BCUT2D eigenvalue weighted by Gasteiger charge is -2.29. The third kappa shape index (κ3) is 4.54. The highest BCUT2D eigenvalue weighted by atomic mass is 16.1. The van der Waals surface area contributed by atoms with Crippen LogP contribution in [0.3, 0.4) is 0 Å². The van der Waals surface area contributed by atoms with Crippen molar-refractivity contribution in [1.82, 2.24) is 20.3 Å². The lowest BCUT2D eigenvalue weighted by atomic mass is 9.86. The molecule has 1 aromatic carbocycles. The first-order chi connectivity index (χ1) is 11.7. The summed E-state index contributed by atoms with van der Waals surface area (Å²) >= 11 is 0. The quantitative estimate of drug-likeness (QED) is 0.860. The zero-order valence-electron chi connectivity index (χ0n) is 14.1. The molecule has 0 saturated heterocycles. The molecule has 1 fully saturated rings.